The van der Waals surface area contributed by atoms with Crippen molar-refractivity contribution in [1.82, 2.24) is 19.9 Å². The lowest BCUT2D eigenvalue weighted by Gasteiger charge is -2.18. The molecule has 0 aliphatic carbocycles. The number of aromatic nitrogens is 3. The van der Waals surface area contributed by atoms with Crippen molar-refractivity contribution in [2.45, 2.75) is 18.8 Å². The van der Waals surface area contributed by atoms with E-state index in [0.717, 1.165) is 41.1 Å². The summed E-state index contributed by atoms with van der Waals surface area (Å²) in [7, 11) is 1.63. The second kappa shape index (κ2) is 8.26. The van der Waals surface area contributed by atoms with E-state index in [9.17, 15) is 4.79 Å². The summed E-state index contributed by atoms with van der Waals surface area (Å²) in [5.74, 6) is 1.54. The van der Waals surface area contributed by atoms with E-state index in [2.05, 4.69) is 15.0 Å². The molecule has 7 nitrogen and oxygen atoms in total. The Hall–Kier alpha value is -3.48. The average Bonchev–Trinajstić information content (AvgIpc) is 3.25. The largest absolute Gasteiger partial charge is 0.497 e. The van der Waals surface area contributed by atoms with Gasteiger partial charge in [0.05, 0.1) is 19.2 Å². The maximum atomic E-state index is 12.8. The summed E-state index contributed by atoms with van der Waals surface area (Å²) in [5, 5.41) is 0. The van der Waals surface area contributed by atoms with Gasteiger partial charge in [-0.05, 0) is 41.8 Å². The molecule has 0 spiro atoms. The minimum absolute atomic E-state index is 0.126. The van der Waals surface area contributed by atoms with E-state index in [-0.39, 0.29) is 11.8 Å². The number of carbonyl (C=O) groups is 1. The zero-order valence-electron chi connectivity index (χ0n) is 16.3. The molecule has 2 N–H and O–H groups in total. The van der Waals surface area contributed by atoms with Gasteiger partial charge in [0.2, 0.25) is 5.91 Å². The van der Waals surface area contributed by atoms with Crippen molar-refractivity contribution in [3.8, 4) is 16.9 Å². The van der Waals surface area contributed by atoms with Gasteiger partial charge in [-0.3, -0.25) is 4.79 Å². The Morgan fingerprint density at radius 2 is 2.07 bits per heavy atom. The summed E-state index contributed by atoms with van der Waals surface area (Å²) in [4.78, 5) is 27.5. The van der Waals surface area contributed by atoms with Crippen LogP contribution in [0, 0.1) is 0 Å². The number of methoxy groups -OCH3 is 1. The lowest BCUT2D eigenvalue weighted by molar-refractivity contribution is -0.129. The van der Waals surface area contributed by atoms with Crippen LogP contribution in [0.5, 0.6) is 5.75 Å². The summed E-state index contributed by atoms with van der Waals surface area (Å²) in [6, 6.07) is 11.3. The van der Waals surface area contributed by atoms with Gasteiger partial charge in [0.15, 0.2) is 0 Å². The number of carbonyl (C=O) groups excluding carboxylic acids is 1. The molecule has 1 aromatic carbocycles. The molecule has 3 aromatic rings. The number of pyridine rings is 1. The van der Waals surface area contributed by atoms with E-state index in [1.165, 1.54) is 0 Å². The molecule has 29 heavy (non-hydrogen) atoms. The average molecular weight is 389 g/mol. The van der Waals surface area contributed by atoms with Gasteiger partial charge in [0.25, 0.3) is 0 Å². The predicted octanol–water partition coefficient (Wildman–Crippen LogP) is 2.69. The van der Waals surface area contributed by atoms with Crippen molar-refractivity contribution in [3.63, 3.8) is 0 Å². The Morgan fingerprint density at radius 1 is 1.24 bits per heavy atom. The van der Waals surface area contributed by atoms with Crippen molar-refractivity contribution >= 4 is 11.7 Å². The van der Waals surface area contributed by atoms with Crippen molar-refractivity contribution < 1.29 is 9.53 Å². The number of amides is 1. The number of ether oxygens (including phenoxy) is 1. The van der Waals surface area contributed by atoms with Crippen LogP contribution in [0.4, 0.5) is 5.82 Å². The SMILES string of the molecule is COc1ccc(CC(=O)N2CC[C@@H](c3ncncc3-c3ccnc(N)c3)C2)cc1. The second-order valence-electron chi connectivity index (χ2n) is 7.14. The van der Waals surface area contributed by atoms with Crippen LogP contribution in [-0.4, -0.2) is 46.0 Å². The Balaban J connectivity index is 1.48. The topological polar surface area (TPSA) is 94.2 Å². The zero-order chi connectivity index (χ0) is 20.2. The molecule has 1 saturated heterocycles. The fourth-order valence-electron chi connectivity index (χ4n) is 3.74. The lowest BCUT2D eigenvalue weighted by Crippen LogP contribution is -2.30. The maximum absolute atomic E-state index is 12.8. The van der Waals surface area contributed by atoms with E-state index in [0.29, 0.717) is 18.8 Å². The normalized spacial score (nSPS) is 16.0. The van der Waals surface area contributed by atoms with Gasteiger partial charge in [-0.15, -0.1) is 0 Å². The number of benzene rings is 1. The molecule has 2 aromatic heterocycles. The Bertz CT molecular complexity index is 1010. The summed E-state index contributed by atoms with van der Waals surface area (Å²) < 4.78 is 5.17. The van der Waals surface area contributed by atoms with Crippen LogP contribution in [0.3, 0.4) is 0 Å². The zero-order valence-corrected chi connectivity index (χ0v) is 16.3. The first-order valence-electron chi connectivity index (χ1n) is 9.56. The van der Waals surface area contributed by atoms with Gasteiger partial charge in [0, 0.05) is 37.0 Å². The van der Waals surface area contributed by atoms with Gasteiger partial charge in [-0.1, -0.05) is 12.1 Å². The van der Waals surface area contributed by atoms with Crippen molar-refractivity contribution in [2.24, 2.45) is 0 Å². The van der Waals surface area contributed by atoms with E-state index >= 15 is 0 Å². The highest BCUT2D eigenvalue weighted by Gasteiger charge is 2.30. The molecule has 0 bridgehead atoms. The highest BCUT2D eigenvalue weighted by atomic mass is 16.5. The van der Waals surface area contributed by atoms with Gasteiger partial charge in [0.1, 0.15) is 17.9 Å². The Morgan fingerprint density at radius 3 is 2.83 bits per heavy atom. The number of hydrogen-bond acceptors (Lipinski definition) is 6. The first kappa shape index (κ1) is 18.9. The minimum atomic E-state index is 0.126. The quantitative estimate of drug-likeness (QED) is 0.721. The number of hydrogen-bond donors (Lipinski definition) is 1. The lowest BCUT2D eigenvalue weighted by atomic mass is 9.96. The van der Waals surface area contributed by atoms with Crippen LogP contribution in [0.15, 0.2) is 55.1 Å². The molecule has 148 valence electrons. The van der Waals surface area contributed by atoms with Gasteiger partial charge in [-0.2, -0.15) is 0 Å². The monoisotopic (exact) mass is 389 g/mol. The maximum Gasteiger partial charge on any atom is 0.227 e. The van der Waals surface area contributed by atoms with Crippen molar-refractivity contribution in [3.05, 3.63) is 66.4 Å². The molecule has 4 rings (SSSR count). The van der Waals surface area contributed by atoms with E-state index in [1.807, 2.05) is 41.3 Å². The molecule has 1 atom stereocenters. The fourth-order valence-corrected chi connectivity index (χ4v) is 3.74. The molecule has 1 aliphatic rings. The van der Waals surface area contributed by atoms with Gasteiger partial charge >= 0.3 is 0 Å². The fraction of sp³-hybridized carbons (Fsp3) is 0.273. The number of nitrogens with zero attached hydrogens (tertiary/aromatic N) is 4. The number of likely N-dealkylation sites (tertiary alicyclic amines) is 1. The van der Waals surface area contributed by atoms with Crippen LogP contribution in [0.2, 0.25) is 0 Å². The number of anilines is 1. The highest BCUT2D eigenvalue weighted by molar-refractivity contribution is 5.79. The molecular formula is C22H23N5O2. The first-order valence-corrected chi connectivity index (χ1v) is 9.56. The molecule has 1 fully saturated rings. The molecule has 0 radical (unpaired) electrons. The number of rotatable bonds is 5. The molecule has 1 amide bonds. The van der Waals surface area contributed by atoms with Gasteiger partial charge < -0.3 is 15.4 Å². The highest BCUT2D eigenvalue weighted by Crippen LogP contribution is 2.33. The third kappa shape index (κ3) is 4.18. The molecule has 7 heteroatoms. The van der Waals surface area contributed by atoms with E-state index in [1.54, 1.807) is 25.8 Å². The van der Waals surface area contributed by atoms with Crippen LogP contribution in [0.25, 0.3) is 11.1 Å². The summed E-state index contributed by atoms with van der Waals surface area (Å²) in [6.07, 6.45) is 6.30. The third-order valence-corrected chi connectivity index (χ3v) is 5.28. The second-order valence-corrected chi connectivity index (χ2v) is 7.14. The predicted molar refractivity (Wildman–Crippen MR) is 110 cm³/mol. The van der Waals surface area contributed by atoms with E-state index < -0.39 is 0 Å². The Kier molecular flexibility index (Phi) is 5.37. The van der Waals surface area contributed by atoms with Gasteiger partial charge in [-0.25, -0.2) is 15.0 Å². The number of nitrogen functional groups attached to an aromatic ring is 1. The standard InChI is InChI=1S/C22H23N5O2/c1-29-18-4-2-15(3-5-18)10-21(28)27-9-7-17(13-27)22-19(12-24-14-26-22)16-6-8-25-20(23)11-16/h2-6,8,11-12,14,17H,7,9-10,13H2,1H3,(H2,23,25)/t17-/m1/s1. The number of nitrogens with two attached hydrogens (primary N) is 1. The molecular weight excluding hydrogens is 366 g/mol. The summed E-state index contributed by atoms with van der Waals surface area (Å²) in [6.45, 7) is 1.38. The van der Waals surface area contributed by atoms with Crippen molar-refractivity contribution in [1.29, 1.82) is 0 Å². The smallest absolute Gasteiger partial charge is 0.227 e. The molecule has 1 aliphatic heterocycles. The Labute approximate surface area is 169 Å². The van der Waals surface area contributed by atoms with Crippen LogP contribution in [-0.2, 0) is 11.2 Å². The molecule has 3 heterocycles. The summed E-state index contributed by atoms with van der Waals surface area (Å²) >= 11 is 0. The molecule has 0 saturated carbocycles. The van der Waals surface area contributed by atoms with Crippen LogP contribution < -0.4 is 10.5 Å². The van der Waals surface area contributed by atoms with Crippen molar-refractivity contribution in [2.75, 3.05) is 25.9 Å². The van der Waals surface area contributed by atoms with Crippen LogP contribution >= 0.6 is 0 Å². The third-order valence-electron chi connectivity index (χ3n) is 5.28. The van der Waals surface area contributed by atoms with Crippen LogP contribution in [0.1, 0.15) is 23.6 Å². The van der Waals surface area contributed by atoms with E-state index in [4.69, 9.17) is 10.5 Å². The minimum Gasteiger partial charge on any atom is -0.497 e. The summed E-state index contributed by atoms with van der Waals surface area (Å²) in [5.41, 5.74) is 9.65. The first-order chi connectivity index (χ1) is 14.1. The molecule has 0 unspecified atom stereocenters.